The van der Waals surface area contributed by atoms with Gasteiger partial charge in [-0.2, -0.15) is 0 Å². The van der Waals surface area contributed by atoms with Crippen LogP contribution >= 0.6 is 0 Å². The number of aliphatic hydroxyl groups excluding tert-OH is 1. The van der Waals surface area contributed by atoms with E-state index in [1.165, 1.54) is 6.08 Å². The van der Waals surface area contributed by atoms with Crippen molar-refractivity contribution in [3.8, 4) is 11.8 Å². The number of rotatable bonds is 1. The zero-order valence-corrected chi connectivity index (χ0v) is 11.0. The quantitative estimate of drug-likeness (QED) is 0.429. The van der Waals surface area contributed by atoms with Gasteiger partial charge in [-0.3, -0.25) is 4.79 Å². The van der Waals surface area contributed by atoms with Crippen LogP contribution in [0.4, 0.5) is 0 Å². The maximum absolute atomic E-state index is 10.3. The first-order chi connectivity index (χ1) is 7.86. The molecule has 0 heterocycles. The second kappa shape index (κ2) is 5.33. The van der Waals surface area contributed by atoms with E-state index in [4.69, 9.17) is 0 Å². The van der Waals surface area contributed by atoms with Crippen molar-refractivity contribution in [2.75, 3.05) is 0 Å². The lowest BCUT2D eigenvalue weighted by molar-refractivity contribution is -0.104. The maximum Gasteiger partial charge on any atom is 0.143 e. The minimum atomic E-state index is -0.262. The van der Waals surface area contributed by atoms with Gasteiger partial charge in [0.15, 0.2) is 0 Å². The molecule has 0 saturated heterocycles. The molecule has 0 aromatic rings. The molecule has 0 spiro atoms. The number of carbonyl (C=O) groups excluding carboxylic acids is 1. The van der Waals surface area contributed by atoms with Gasteiger partial charge < -0.3 is 5.11 Å². The van der Waals surface area contributed by atoms with E-state index in [1.54, 1.807) is 0 Å². The lowest BCUT2D eigenvalue weighted by Gasteiger charge is -2.34. The third kappa shape index (κ3) is 3.57. The predicted molar refractivity (Wildman–Crippen MR) is 69.3 cm³/mol. The van der Waals surface area contributed by atoms with Gasteiger partial charge in [0.1, 0.15) is 6.29 Å². The predicted octanol–water partition coefficient (Wildman–Crippen LogP) is 2.63. The Balaban J connectivity index is 3.06. The zero-order chi connectivity index (χ0) is 13.1. The summed E-state index contributed by atoms with van der Waals surface area (Å²) >= 11 is 0. The molecule has 0 radical (unpaired) electrons. The summed E-state index contributed by atoms with van der Waals surface area (Å²) in [6.07, 6.45) is 3.39. The standard InChI is InChI=1S/C15H20O2/c1-11(7-8-16)5-6-14-12(2)9-13(17)10-15(14,3)4/h7-8,13,17H,9-10H2,1-4H3/b11-7+/t13-/m1/s1. The zero-order valence-electron chi connectivity index (χ0n) is 11.0. The number of aldehydes is 1. The lowest BCUT2D eigenvalue weighted by Crippen LogP contribution is -2.28. The topological polar surface area (TPSA) is 37.3 Å². The molecule has 2 heteroatoms. The molecule has 0 saturated carbocycles. The Morgan fingerprint density at radius 3 is 2.71 bits per heavy atom. The minimum absolute atomic E-state index is 0.0871. The molecule has 1 rings (SSSR count). The average molecular weight is 232 g/mol. The van der Waals surface area contributed by atoms with Gasteiger partial charge in [-0.1, -0.05) is 31.3 Å². The Hall–Kier alpha value is -1.33. The van der Waals surface area contributed by atoms with E-state index < -0.39 is 0 Å². The van der Waals surface area contributed by atoms with E-state index in [0.29, 0.717) is 6.42 Å². The first-order valence-corrected chi connectivity index (χ1v) is 5.89. The van der Waals surface area contributed by atoms with Crippen LogP contribution in [0, 0.1) is 17.3 Å². The summed E-state index contributed by atoms with van der Waals surface area (Å²) in [7, 11) is 0. The highest BCUT2D eigenvalue weighted by Gasteiger charge is 2.31. The fraction of sp³-hybridized carbons (Fsp3) is 0.533. The van der Waals surface area contributed by atoms with Gasteiger partial charge in [-0.15, -0.1) is 0 Å². The lowest BCUT2D eigenvalue weighted by atomic mass is 9.72. The van der Waals surface area contributed by atoms with Gasteiger partial charge in [0.05, 0.1) is 6.10 Å². The van der Waals surface area contributed by atoms with Gasteiger partial charge in [0, 0.05) is 16.6 Å². The maximum atomic E-state index is 10.3. The Morgan fingerprint density at radius 1 is 1.53 bits per heavy atom. The molecule has 1 atom stereocenters. The number of hydrogen-bond acceptors (Lipinski definition) is 2. The molecule has 1 aliphatic rings. The summed E-state index contributed by atoms with van der Waals surface area (Å²) in [5.41, 5.74) is 2.93. The van der Waals surface area contributed by atoms with Crippen molar-refractivity contribution in [2.45, 2.75) is 46.6 Å². The molecular weight excluding hydrogens is 212 g/mol. The van der Waals surface area contributed by atoms with E-state index in [-0.39, 0.29) is 11.5 Å². The van der Waals surface area contributed by atoms with Crippen LogP contribution in [0.25, 0.3) is 0 Å². The summed E-state index contributed by atoms with van der Waals surface area (Å²) in [6.45, 7) is 8.04. The smallest absolute Gasteiger partial charge is 0.143 e. The SMILES string of the molecule is CC1=C(C#C/C(C)=C/C=O)C(C)(C)C[C@H](O)C1. The van der Waals surface area contributed by atoms with Crippen molar-refractivity contribution in [2.24, 2.45) is 5.41 Å². The van der Waals surface area contributed by atoms with Crippen LogP contribution in [-0.2, 0) is 4.79 Å². The summed E-state index contributed by atoms with van der Waals surface area (Å²) < 4.78 is 0. The Labute approximate surface area is 103 Å². The molecule has 2 nitrogen and oxygen atoms in total. The minimum Gasteiger partial charge on any atom is -0.393 e. The van der Waals surface area contributed by atoms with Crippen LogP contribution in [0.5, 0.6) is 0 Å². The molecule has 0 aromatic heterocycles. The van der Waals surface area contributed by atoms with Crippen molar-refractivity contribution < 1.29 is 9.90 Å². The van der Waals surface area contributed by atoms with E-state index in [9.17, 15) is 9.90 Å². The second-order valence-electron chi connectivity index (χ2n) is 5.34. The Bertz CT molecular complexity index is 428. The molecular formula is C15H20O2. The van der Waals surface area contributed by atoms with Crippen molar-refractivity contribution in [1.29, 1.82) is 0 Å². The van der Waals surface area contributed by atoms with E-state index >= 15 is 0 Å². The molecule has 0 aliphatic heterocycles. The Kier molecular flexibility index (Phi) is 4.31. The summed E-state index contributed by atoms with van der Waals surface area (Å²) in [4.78, 5) is 10.3. The molecule has 0 aromatic carbocycles. The van der Waals surface area contributed by atoms with Crippen molar-refractivity contribution in [1.82, 2.24) is 0 Å². The normalized spacial score (nSPS) is 24.1. The monoisotopic (exact) mass is 232 g/mol. The third-order valence-corrected chi connectivity index (χ3v) is 3.09. The summed E-state index contributed by atoms with van der Waals surface area (Å²) in [6, 6.07) is 0. The van der Waals surface area contributed by atoms with E-state index in [0.717, 1.165) is 29.4 Å². The van der Waals surface area contributed by atoms with Crippen LogP contribution in [0.15, 0.2) is 22.8 Å². The van der Waals surface area contributed by atoms with Crippen LogP contribution in [0.1, 0.15) is 40.5 Å². The molecule has 0 unspecified atom stereocenters. The molecule has 1 aliphatic carbocycles. The molecule has 92 valence electrons. The average Bonchev–Trinajstić information content (AvgIpc) is 2.14. The van der Waals surface area contributed by atoms with Crippen molar-refractivity contribution in [3.05, 3.63) is 22.8 Å². The van der Waals surface area contributed by atoms with Gasteiger partial charge in [-0.25, -0.2) is 0 Å². The molecule has 17 heavy (non-hydrogen) atoms. The second-order valence-corrected chi connectivity index (χ2v) is 5.34. The number of hydrogen-bond donors (Lipinski definition) is 1. The van der Waals surface area contributed by atoms with Crippen LogP contribution in [-0.4, -0.2) is 17.5 Å². The van der Waals surface area contributed by atoms with Gasteiger partial charge in [-0.05, 0) is 32.8 Å². The molecule has 1 N–H and O–H groups in total. The van der Waals surface area contributed by atoms with Gasteiger partial charge in [0.25, 0.3) is 0 Å². The molecule has 0 amide bonds. The van der Waals surface area contributed by atoms with Crippen molar-refractivity contribution >= 4 is 6.29 Å². The molecule has 0 fully saturated rings. The van der Waals surface area contributed by atoms with Crippen LogP contribution < -0.4 is 0 Å². The third-order valence-electron chi connectivity index (χ3n) is 3.09. The Morgan fingerprint density at radius 2 is 2.18 bits per heavy atom. The highest BCUT2D eigenvalue weighted by Crippen LogP contribution is 2.39. The highest BCUT2D eigenvalue weighted by atomic mass is 16.3. The van der Waals surface area contributed by atoms with E-state index in [1.807, 2.05) is 13.8 Å². The first-order valence-electron chi connectivity index (χ1n) is 5.89. The van der Waals surface area contributed by atoms with Crippen LogP contribution in [0.3, 0.4) is 0 Å². The van der Waals surface area contributed by atoms with E-state index in [2.05, 4.69) is 25.7 Å². The fourth-order valence-corrected chi connectivity index (χ4v) is 2.38. The van der Waals surface area contributed by atoms with Gasteiger partial charge in [0.2, 0.25) is 0 Å². The largest absolute Gasteiger partial charge is 0.393 e. The van der Waals surface area contributed by atoms with Gasteiger partial charge >= 0.3 is 0 Å². The highest BCUT2D eigenvalue weighted by molar-refractivity contribution is 5.68. The van der Waals surface area contributed by atoms with Crippen LogP contribution in [0.2, 0.25) is 0 Å². The number of carbonyl (C=O) groups is 1. The summed E-state index contributed by atoms with van der Waals surface area (Å²) in [5, 5.41) is 9.75. The fourth-order valence-electron chi connectivity index (χ4n) is 2.38. The van der Waals surface area contributed by atoms with Crippen molar-refractivity contribution in [3.63, 3.8) is 0 Å². The summed E-state index contributed by atoms with van der Waals surface area (Å²) in [5.74, 6) is 6.15. The molecule has 0 bridgehead atoms. The number of aliphatic hydroxyl groups is 1. The number of allylic oxidation sites excluding steroid dienone is 3. The first kappa shape index (κ1) is 13.7.